The molecule has 2 N–H and O–H groups in total. The van der Waals surface area contributed by atoms with E-state index in [0.29, 0.717) is 10.8 Å². The Bertz CT molecular complexity index is 1030. The number of likely N-dealkylation sites (tertiary alicyclic amines) is 1. The van der Waals surface area contributed by atoms with Gasteiger partial charge in [0.1, 0.15) is 5.58 Å². The molecule has 31 heavy (non-hydrogen) atoms. The highest BCUT2D eigenvalue weighted by Crippen LogP contribution is 2.49. The Morgan fingerprint density at radius 3 is 2.68 bits per heavy atom. The fourth-order valence-corrected chi connectivity index (χ4v) is 5.88. The number of benzene rings is 1. The average molecular weight is 443 g/mol. The van der Waals surface area contributed by atoms with Gasteiger partial charge in [-0.1, -0.05) is 37.4 Å². The van der Waals surface area contributed by atoms with E-state index < -0.39 is 0 Å². The van der Waals surface area contributed by atoms with Crippen LogP contribution in [0.25, 0.3) is 11.0 Å². The fourth-order valence-electron chi connectivity index (χ4n) is 5.62. The fraction of sp³-hybridized carbons (Fsp3) is 0.542. The first-order valence-corrected chi connectivity index (χ1v) is 11.7. The monoisotopic (exact) mass is 442 g/mol. The third-order valence-electron chi connectivity index (χ3n) is 7.38. The standard InChI is InChI=1S/C24H31ClN4O2/c1-15-26-21-18(25)13-16-14-19(23(30)29(3)17-7-11-28(2)12-8-17)31-22(16)20(21)24(27-15)9-5-4-6-10-24/h13-14,17,26-27H,1,4-12H2,2-3H3. The Morgan fingerprint density at radius 1 is 1.26 bits per heavy atom. The molecule has 0 atom stereocenters. The van der Waals surface area contributed by atoms with Crippen LogP contribution in [0, 0.1) is 0 Å². The molecule has 3 aliphatic rings. The highest BCUT2D eigenvalue weighted by molar-refractivity contribution is 6.34. The Balaban J connectivity index is 1.55. The molecule has 0 unspecified atom stereocenters. The number of halogens is 1. The smallest absolute Gasteiger partial charge is 0.289 e. The molecule has 1 amide bonds. The van der Waals surface area contributed by atoms with Gasteiger partial charge in [-0.25, -0.2) is 0 Å². The number of nitrogens with zero attached hydrogens (tertiary/aromatic N) is 2. The molecule has 2 aliphatic heterocycles. The van der Waals surface area contributed by atoms with E-state index in [2.05, 4.69) is 29.2 Å². The lowest BCUT2D eigenvalue weighted by molar-refractivity contribution is 0.0630. The van der Waals surface area contributed by atoms with Crippen molar-refractivity contribution in [1.82, 2.24) is 15.1 Å². The van der Waals surface area contributed by atoms with Gasteiger partial charge in [0.25, 0.3) is 5.91 Å². The largest absolute Gasteiger partial charge is 0.450 e. The number of fused-ring (bicyclic) bond motifs is 4. The van der Waals surface area contributed by atoms with Crippen LogP contribution in [-0.4, -0.2) is 48.9 Å². The zero-order valence-electron chi connectivity index (χ0n) is 18.4. The van der Waals surface area contributed by atoms with Crippen molar-refractivity contribution in [3.8, 4) is 0 Å². The van der Waals surface area contributed by atoms with Crippen molar-refractivity contribution < 1.29 is 9.21 Å². The minimum atomic E-state index is -0.253. The lowest BCUT2D eigenvalue weighted by Gasteiger charge is -2.44. The molecule has 166 valence electrons. The van der Waals surface area contributed by atoms with E-state index in [0.717, 1.165) is 79.7 Å². The summed E-state index contributed by atoms with van der Waals surface area (Å²) in [5, 5.41) is 8.43. The molecule has 1 saturated heterocycles. The zero-order valence-corrected chi connectivity index (χ0v) is 19.1. The minimum Gasteiger partial charge on any atom is -0.450 e. The lowest BCUT2D eigenvalue weighted by Crippen LogP contribution is -2.48. The zero-order chi connectivity index (χ0) is 21.8. The summed E-state index contributed by atoms with van der Waals surface area (Å²) in [6.45, 7) is 6.14. The van der Waals surface area contributed by atoms with Crippen LogP contribution in [0.4, 0.5) is 5.69 Å². The topological polar surface area (TPSA) is 60.8 Å². The Morgan fingerprint density at radius 2 is 1.97 bits per heavy atom. The number of hydrogen-bond donors (Lipinski definition) is 2. The van der Waals surface area contributed by atoms with Crippen molar-refractivity contribution in [2.75, 3.05) is 32.5 Å². The Labute approximate surface area is 188 Å². The minimum absolute atomic E-state index is 0.0607. The Hall–Kier alpha value is -2.18. The molecule has 6 nitrogen and oxygen atoms in total. The van der Waals surface area contributed by atoms with Crippen LogP contribution in [0.15, 0.2) is 28.9 Å². The van der Waals surface area contributed by atoms with Crippen LogP contribution in [0.3, 0.4) is 0 Å². The number of amides is 1. The van der Waals surface area contributed by atoms with E-state index in [-0.39, 0.29) is 17.5 Å². The van der Waals surface area contributed by atoms with Gasteiger partial charge in [0, 0.05) is 24.0 Å². The number of piperidine rings is 1. The van der Waals surface area contributed by atoms with Gasteiger partial charge in [-0.15, -0.1) is 0 Å². The first kappa shape index (κ1) is 20.7. The van der Waals surface area contributed by atoms with Crippen molar-refractivity contribution in [3.63, 3.8) is 0 Å². The lowest BCUT2D eigenvalue weighted by atomic mass is 9.74. The second-order valence-electron chi connectivity index (χ2n) is 9.46. The summed E-state index contributed by atoms with van der Waals surface area (Å²) in [5.41, 5.74) is 2.41. The van der Waals surface area contributed by atoms with Crippen molar-refractivity contribution >= 4 is 34.2 Å². The van der Waals surface area contributed by atoms with Gasteiger partial charge in [0.05, 0.1) is 22.1 Å². The number of carbonyl (C=O) groups excluding carboxylic acids is 1. The van der Waals surface area contributed by atoms with E-state index in [1.807, 2.05) is 24.1 Å². The van der Waals surface area contributed by atoms with E-state index in [4.69, 9.17) is 16.0 Å². The van der Waals surface area contributed by atoms with E-state index in [1.54, 1.807) is 0 Å². The predicted octanol–water partition coefficient (Wildman–Crippen LogP) is 4.90. The van der Waals surface area contributed by atoms with Crippen LogP contribution in [0.1, 0.15) is 61.1 Å². The van der Waals surface area contributed by atoms with Crippen molar-refractivity contribution in [3.05, 3.63) is 40.9 Å². The molecule has 1 aliphatic carbocycles. The van der Waals surface area contributed by atoms with Crippen LogP contribution in [0.5, 0.6) is 0 Å². The maximum absolute atomic E-state index is 13.3. The summed E-state index contributed by atoms with van der Waals surface area (Å²) in [6, 6.07) is 3.99. The second kappa shape index (κ2) is 7.75. The second-order valence-corrected chi connectivity index (χ2v) is 9.87. The van der Waals surface area contributed by atoms with Crippen LogP contribution in [-0.2, 0) is 5.54 Å². The molecule has 2 fully saturated rings. The highest BCUT2D eigenvalue weighted by Gasteiger charge is 2.42. The molecule has 2 aromatic rings. The molecule has 1 aromatic carbocycles. The first-order valence-electron chi connectivity index (χ1n) is 11.3. The van der Waals surface area contributed by atoms with Crippen molar-refractivity contribution in [1.29, 1.82) is 0 Å². The number of furan rings is 1. The molecule has 5 rings (SSSR count). The summed E-state index contributed by atoms with van der Waals surface area (Å²) in [6.07, 6.45) is 7.47. The molecular weight excluding hydrogens is 412 g/mol. The third-order valence-corrected chi connectivity index (χ3v) is 7.68. The van der Waals surface area contributed by atoms with Gasteiger partial charge < -0.3 is 24.9 Å². The number of nitrogens with one attached hydrogen (secondary N) is 2. The summed E-state index contributed by atoms with van der Waals surface area (Å²) in [7, 11) is 4.02. The number of carbonyl (C=O) groups is 1. The molecule has 1 aromatic heterocycles. The first-order chi connectivity index (χ1) is 14.9. The normalized spacial score (nSPS) is 21.6. The quantitative estimate of drug-likeness (QED) is 0.692. The Kier molecular flexibility index (Phi) is 5.18. The van der Waals surface area contributed by atoms with Crippen molar-refractivity contribution in [2.24, 2.45) is 0 Å². The van der Waals surface area contributed by atoms with Crippen molar-refractivity contribution in [2.45, 2.75) is 56.5 Å². The molecule has 0 radical (unpaired) electrons. The van der Waals surface area contributed by atoms with Gasteiger partial charge in [-0.3, -0.25) is 4.79 Å². The number of rotatable bonds is 2. The molecule has 3 heterocycles. The molecule has 1 spiro atoms. The number of hydrogen-bond acceptors (Lipinski definition) is 5. The number of anilines is 1. The maximum Gasteiger partial charge on any atom is 0.289 e. The van der Waals surface area contributed by atoms with Gasteiger partial charge in [-0.05, 0) is 58.0 Å². The van der Waals surface area contributed by atoms with E-state index in [1.165, 1.54) is 6.42 Å². The summed E-state index contributed by atoms with van der Waals surface area (Å²) in [4.78, 5) is 17.5. The van der Waals surface area contributed by atoms with Crippen LogP contribution < -0.4 is 10.6 Å². The van der Waals surface area contributed by atoms with Gasteiger partial charge in [0.15, 0.2) is 5.76 Å². The third kappa shape index (κ3) is 3.50. The molecule has 7 heteroatoms. The van der Waals surface area contributed by atoms with Gasteiger partial charge in [0.2, 0.25) is 0 Å². The highest BCUT2D eigenvalue weighted by atomic mass is 35.5. The summed E-state index contributed by atoms with van der Waals surface area (Å²) in [5.74, 6) is 1.09. The van der Waals surface area contributed by atoms with E-state index >= 15 is 0 Å². The van der Waals surface area contributed by atoms with Gasteiger partial charge >= 0.3 is 0 Å². The average Bonchev–Trinajstić information content (AvgIpc) is 3.17. The van der Waals surface area contributed by atoms with Crippen LogP contribution in [0.2, 0.25) is 5.02 Å². The SMILES string of the molecule is C=C1Nc2c(Cl)cc3cc(C(=O)N(C)C4CCN(C)CC4)oc3c2C2(CCCCC2)N1. The molecular formula is C24H31ClN4O2. The van der Waals surface area contributed by atoms with Crippen LogP contribution >= 0.6 is 11.6 Å². The van der Waals surface area contributed by atoms with Gasteiger partial charge in [-0.2, -0.15) is 0 Å². The van der Waals surface area contributed by atoms with E-state index in [9.17, 15) is 4.79 Å². The summed E-state index contributed by atoms with van der Waals surface area (Å²) < 4.78 is 6.31. The maximum atomic E-state index is 13.3. The predicted molar refractivity (Wildman–Crippen MR) is 124 cm³/mol. The summed E-state index contributed by atoms with van der Waals surface area (Å²) >= 11 is 6.70. The molecule has 1 saturated carbocycles. The molecule has 0 bridgehead atoms.